The van der Waals surface area contributed by atoms with E-state index in [9.17, 15) is 5.11 Å². The number of piperazine rings is 1. The van der Waals surface area contributed by atoms with Crippen LogP contribution in [-0.4, -0.2) is 52.9 Å². The fraction of sp³-hybridized carbons (Fsp3) is 0.250. The topological polar surface area (TPSA) is 99.5 Å². The standard InChI is InChI=1S/C24H26ClN7O2/c1-31-14-15-19(32-11-9-26-10-12-32)8-7-18(21(15)23(31)33)28-22-16(25)13-27-24(30-22)29-17-5-3-4-6-20(17)34-2/h3-8,13-14,26,33H,9-12H2,1-2H3,(H2,27,28,29,30). The molecule has 34 heavy (non-hydrogen) atoms. The van der Waals surface area contributed by atoms with Gasteiger partial charge in [-0.2, -0.15) is 4.98 Å². The second-order valence-corrected chi connectivity index (χ2v) is 8.47. The molecule has 0 saturated carbocycles. The van der Waals surface area contributed by atoms with Crippen molar-refractivity contribution in [2.75, 3.05) is 48.8 Å². The summed E-state index contributed by atoms with van der Waals surface area (Å²) in [5.74, 6) is 1.64. The highest BCUT2D eigenvalue weighted by molar-refractivity contribution is 6.33. The molecule has 0 atom stereocenters. The van der Waals surface area contributed by atoms with Gasteiger partial charge < -0.3 is 35.3 Å². The molecule has 4 aromatic rings. The lowest BCUT2D eigenvalue weighted by atomic mass is 10.1. The van der Waals surface area contributed by atoms with Crippen LogP contribution in [0.2, 0.25) is 5.02 Å². The van der Waals surface area contributed by atoms with E-state index in [0.717, 1.165) is 42.9 Å². The highest BCUT2D eigenvalue weighted by Gasteiger charge is 2.20. The molecule has 9 nitrogen and oxygen atoms in total. The Morgan fingerprint density at radius 3 is 2.68 bits per heavy atom. The van der Waals surface area contributed by atoms with E-state index >= 15 is 0 Å². The molecular formula is C24H26ClN7O2. The first-order valence-corrected chi connectivity index (χ1v) is 11.4. The average molecular weight is 480 g/mol. The number of para-hydroxylation sites is 2. The minimum Gasteiger partial charge on any atom is -0.495 e. The second kappa shape index (κ2) is 9.28. The Hall–Kier alpha value is -3.69. The third kappa shape index (κ3) is 4.15. The van der Waals surface area contributed by atoms with Crippen LogP contribution in [0.4, 0.5) is 28.8 Å². The van der Waals surface area contributed by atoms with Crippen LogP contribution in [0.25, 0.3) is 10.8 Å². The fourth-order valence-corrected chi connectivity index (χ4v) is 4.35. The Kier molecular flexibility index (Phi) is 6.04. The number of rotatable bonds is 6. The highest BCUT2D eigenvalue weighted by Crippen LogP contribution is 2.41. The lowest BCUT2D eigenvalue weighted by molar-refractivity contribution is 0.417. The molecule has 1 aliphatic rings. The monoisotopic (exact) mass is 479 g/mol. The van der Waals surface area contributed by atoms with Crippen LogP contribution in [0.1, 0.15) is 0 Å². The average Bonchev–Trinajstić information content (AvgIpc) is 3.16. The number of nitrogens with one attached hydrogen (secondary N) is 3. The molecule has 1 saturated heterocycles. The number of fused-ring (bicyclic) bond motifs is 1. The number of hydrogen-bond donors (Lipinski definition) is 4. The van der Waals surface area contributed by atoms with Crippen LogP contribution in [-0.2, 0) is 7.05 Å². The number of aromatic hydroxyl groups is 1. The van der Waals surface area contributed by atoms with Gasteiger partial charge in [-0.15, -0.1) is 0 Å². The number of aromatic nitrogens is 3. The van der Waals surface area contributed by atoms with Crippen molar-refractivity contribution >= 4 is 51.2 Å². The van der Waals surface area contributed by atoms with Gasteiger partial charge in [0.05, 0.1) is 30.1 Å². The molecule has 3 heterocycles. The smallest absolute Gasteiger partial charge is 0.229 e. The maximum Gasteiger partial charge on any atom is 0.229 e. The molecule has 10 heteroatoms. The summed E-state index contributed by atoms with van der Waals surface area (Å²) in [6.07, 6.45) is 3.48. The van der Waals surface area contributed by atoms with E-state index < -0.39 is 0 Å². The van der Waals surface area contributed by atoms with E-state index in [4.69, 9.17) is 16.3 Å². The van der Waals surface area contributed by atoms with Gasteiger partial charge in [0.15, 0.2) is 5.82 Å². The minimum atomic E-state index is 0.173. The van der Waals surface area contributed by atoms with Crippen molar-refractivity contribution in [1.29, 1.82) is 0 Å². The van der Waals surface area contributed by atoms with Crippen molar-refractivity contribution in [3.05, 3.63) is 53.8 Å². The van der Waals surface area contributed by atoms with Gasteiger partial charge in [-0.3, -0.25) is 0 Å². The first-order chi connectivity index (χ1) is 16.5. The summed E-state index contributed by atoms with van der Waals surface area (Å²) in [7, 11) is 3.44. The summed E-state index contributed by atoms with van der Waals surface area (Å²) in [5.41, 5.74) is 2.53. The van der Waals surface area contributed by atoms with Crippen molar-refractivity contribution in [3.63, 3.8) is 0 Å². The van der Waals surface area contributed by atoms with Crippen molar-refractivity contribution in [3.8, 4) is 11.6 Å². The molecular weight excluding hydrogens is 454 g/mol. The molecule has 5 rings (SSSR count). The quantitative estimate of drug-likeness (QED) is 0.326. The van der Waals surface area contributed by atoms with Gasteiger partial charge in [0.2, 0.25) is 11.8 Å². The zero-order chi connectivity index (χ0) is 23.7. The highest BCUT2D eigenvalue weighted by atomic mass is 35.5. The van der Waals surface area contributed by atoms with Crippen LogP contribution in [0.5, 0.6) is 11.6 Å². The molecule has 2 aromatic heterocycles. The van der Waals surface area contributed by atoms with Gasteiger partial charge in [-0.05, 0) is 24.3 Å². The fourth-order valence-electron chi connectivity index (χ4n) is 4.21. The largest absolute Gasteiger partial charge is 0.495 e. The summed E-state index contributed by atoms with van der Waals surface area (Å²) >= 11 is 6.43. The van der Waals surface area contributed by atoms with Gasteiger partial charge in [0.1, 0.15) is 10.8 Å². The van der Waals surface area contributed by atoms with Gasteiger partial charge in [0.25, 0.3) is 0 Å². The Bertz CT molecular complexity index is 1330. The number of ether oxygens (including phenoxy) is 1. The number of anilines is 5. The lowest BCUT2D eigenvalue weighted by Gasteiger charge is -2.30. The zero-order valence-corrected chi connectivity index (χ0v) is 19.7. The minimum absolute atomic E-state index is 0.173. The molecule has 0 bridgehead atoms. The van der Waals surface area contributed by atoms with Crippen molar-refractivity contribution in [1.82, 2.24) is 19.9 Å². The van der Waals surface area contributed by atoms with Crippen molar-refractivity contribution in [2.45, 2.75) is 0 Å². The number of nitrogens with zero attached hydrogens (tertiary/aromatic N) is 4. The third-order valence-electron chi connectivity index (χ3n) is 5.91. The first-order valence-electron chi connectivity index (χ1n) is 11.0. The third-order valence-corrected chi connectivity index (χ3v) is 6.19. The number of aryl methyl sites for hydroxylation is 1. The van der Waals surface area contributed by atoms with E-state index in [0.29, 0.717) is 33.6 Å². The van der Waals surface area contributed by atoms with E-state index in [2.05, 4.69) is 36.9 Å². The van der Waals surface area contributed by atoms with Crippen LogP contribution in [0, 0.1) is 0 Å². The molecule has 0 amide bonds. The zero-order valence-electron chi connectivity index (χ0n) is 19.0. The second-order valence-electron chi connectivity index (χ2n) is 8.06. The molecule has 0 aliphatic carbocycles. The Morgan fingerprint density at radius 1 is 1.09 bits per heavy atom. The van der Waals surface area contributed by atoms with E-state index in [1.165, 1.54) is 6.20 Å². The molecule has 176 valence electrons. The Balaban J connectivity index is 1.50. The van der Waals surface area contributed by atoms with Crippen molar-refractivity contribution in [2.24, 2.45) is 7.05 Å². The summed E-state index contributed by atoms with van der Waals surface area (Å²) in [5, 5.41) is 22.7. The first kappa shape index (κ1) is 22.1. The summed E-state index contributed by atoms with van der Waals surface area (Å²) < 4.78 is 7.11. The van der Waals surface area contributed by atoms with Gasteiger partial charge >= 0.3 is 0 Å². The van der Waals surface area contributed by atoms with E-state index in [1.807, 2.05) is 43.6 Å². The molecule has 2 aromatic carbocycles. The molecule has 4 N–H and O–H groups in total. The number of halogens is 1. The predicted molar refractivity (Wildman–Crippen MR) is 136 cm³/mol. The number of benzene rings is 2. The molecule has 1 fully saturated rings. The van der Waals surface area contributed by atoms with Crippen LogP contribution in [0.3, 0.4) is 0 Å². The van der Waals surface area contributed by atoms with E-state index in [-0.39, 0.29) is 5.88 Å². The normalized spacial score (nSPS) is 13.8. The lowest BCUT2D eigenvalue weighted by Crippen LogP contribution is -2.43. The van der Waals surface area contributed by atoms with Gasteiger partial charge in [0, 0.05) is 50.5 Å². The van der Waals surface area contributed by atoms with Crippen LogP contribution in [0.15, 0.2) is 48.8 Å². The van der Waals surface area contributed by atoms with Gasteiger partial charge in [-0.25, -0.2) is 4.98 Å². The van der Waals surface area contributed by atoms with Crippen LogP contribution < -0.4 is 25.6 Å². The van der Waals surface area contributed by atoms with E-state index in [1.54, 1.807) is 11.7 Å². The summed E-state index contributed by atoms with van der Waals surface area (Å²) in [6, 6.07) is 11.5. The van der Waals surface area contributed by atoms with Crippen LogP contribution >= 0.6 is 11.6 Å². The molecule has 0 radical (unpaired) electrons. The molecule has 0 spiro atoms. The maximum atomic E-state index is 10.9. The SMILES string of the molecule is COc1ccccc1Nc1ncc(Cl)c(Nc2ccc(N3CCNCC3)c3cn(C)c(O)c23)n1. The number of hydrogen-bond acceptors (Lipinski definition) is 8. The predicted octanol–water partition coefficient (Wildman–Crippen LogP) is 4.23. The van der Waals surface area contributed by atoms with Gasteiger partial charge in [-0.1, -0.05) is 23.7 Å². The molecule has 0 unspecified atom stereocenters. The maximum absolute atomic E-state index is 10.9. The number of methoxy groups -OCH3 is 1. The molecule has 1 aliphatic heterocycles. The van der Waals surface area contributed by atoms with Crippen molar-refractivity contribution < 1.29 is 9.84 Å². The Morgan fingerprint density at radius 2 is 1.88 bits per heavy atom. The Labute approximate surface area is 202 Å². The summed E-state index contributed by atoms with van der Waals surface area (Å²) in [4.78, 5) is 11.2. The summed E-state index contributed by atoms with van der Waals surface area (Å²) in [6.45, 7) is 3.68.